The van der Waals surface area contributed by atoms with Crippen LogP contribution in [-0.2, 0) is 10.2 Å². The van der Waals surface area contributed by atoms with Crippen molar-refractivity contribution in [2.45, 2.75) is 19.8 Å². The standard InChI is InChI=1S/C13H21N3O3S/c1-10-5-7-16(8-6-10)20(17,18)15-13-9-11(19-2)3-4-12(13)14/h3-4,9-10,15H,5-8,14H2,1-2H3. The zero-order valence-corrected chi connectivity index (χ0v) is 12.6. The number of piperidine rings is 1. The van der Waals surface area contributed by atoms with E-state index in [0.717, 1.165) is 12.8 Å². The van der Waals surface area contributed by atoms with E-state index in [0.29, 0.717) is 36.1 Å². The number of methoxy groups -OCH3 is 1. The van der Waals surface area contributed by atoms with Gasteiger partial charge in [0.25, 0.3) is 0 Å². The van der Waals surface area contributed by atoms with Gasteiger partial charge in [-0.3, -0.25) is 4.72 Å². The van der Waals surface area contributed by atoms with Crippen molar-refractivity contribution in [1.82, 2.24) is 4.31 Å². The van der Waals surface area contributed by atoms with Crippen molar-refractivity contribution in [3.8, 4) is 5.75 Å². The van der Waals surface area contributed by atoms with Crippen LogP contribution in [0.5, 0.6) is 5.75 Å². The van der Waals surface area contributed by atoms with Crippen LogP contribution >= 0.6 is 0 Å². The van der Waals surface area contributed by atoms with Gasteiger partial charge in [-0.1, -0.05) is 6.92 Å². The summed E-state index contributed by atoms with van der Waals surface area (Å²) in [6.45, 7) is 3.22. The molecule has 0 atom stereocenters. The third-order valence-electron chi connectivity index (χ3n) is 3.58. The van der Waals surface area contributed by atoms with E-state index >= 15 is 0 Å². The van der Waals surface area contributed by atoms with E-state index in [-0.39, 0.29) is 0 Å². The fourth-order valence-corrected chi connectivity index (χ4v) is 3.45. The van der Waals surface area contributed by atoms with E-state index in [2.05, 4.69) is 11.6 Å². The first-order valence-electron chi connectivity index (χ1n) is 6.64. The van der Waals surface area contributed by atoms with Crippen LogP contribution in [0.4, 0.5) is 11.4 Å². The Hall–Kier alpha value is -1.47. The molecule has 1 aromatic rings. The van der Waals surface area contributed by atoms with Gasteiger partial charge in [0.1, 0.15) is 5.75 Å². The molecule has 0 bridgehead atoms. The van der Waals surface area contributed by atoms with Gasteiger partial charge in [-0.05, 0) is 30.9 Å². The van der Waals surface area contributed by atoms with Crippen LogP contribution < -0.4 is 15.2 Å². The zero-order valence-electron chi connectivity index (χ0n) is 11.8. The summed E-state index contributed by atoms with van der Waals surface area (Å²) >= 11 is 0. The molecule has 0 aliphatic carbocycles. The molecule has 1 aliphatic heterocycles. The van der Waals surface area contributed by atoms with Crippen molar-refractivity contribution in [2.24, 2.45) is 5.92 Å². The topological polar surface area (TPSA) is 84.7 Å². The Kier molecular flexibility index (Phi) is 4.39. The normalized spacial score (nSPS) is 17.9. The predicted molar refractivity (Wildman–Crippen MR) is 79.9 cm³/mol. The lowest BCUT2D eigenvalue weighted by atomic mass is 10.0. The van der Waals surface area contributed by atoms with Crippen LogP contribution in [0.25, 0.3) is 0 Å². The second-order valence-electron chi connectivity index (χ2n) is 5.14. The lowest BCUT2D eigenvalue weighted by Gasteiger charge is -2.29. The maximum absolute atomic E-state index is 12.3. The van der Waals surface area contributed by atoms with Gasteiger partial charge in [0.05, 0.1) is 18.5 Å². The molecule has 1 fully saturated rings. The Bertz CT molecular complexity index is 566. The Morgan fingerprint density at radius 2 is 2.00 bits per heavy atom. The molecule has 3 N–H and O–H groups in total. The molecule has 1 saturated heterocycles. The third kappa shape index (κ3) is 3.34. The average molecular weight is 299 g/mol. The quantitative estimate of drug-likeness (QED) is 0.828. The summed E-state index contributed by atoms with van der Waals surface area (Å²) in [5.74, 6) is 1.13. The van der Waals surface area contributed by atoms with Gasteiger partial charge < -0.3 is 10.5 Å². The molecule has 1 aliphatic rings. The monoisotopic (exact) mass is 299 g/mol. The predicted octanol–water partition coefficient (Wildman–Crippen LogP) is 1.67. The number of anilines is 2. The first-order valence-corrected chi connectivity index (χ1v) is 8.08. The molecule has 6 nitrogen and oxygen atoms in total. The fraction of sp³-hybridized carbons (Fsp3) is 0.538. The van der Waals surface area contributed by atoms with Crippen LogP contribution in [0.3, 0.4) is 0 Å². The lowest BCUT2D eigenvalue weighted by molar-refractivity contribution is 0.289. The molecule has 0 aromatic heterocycles. The van der Waals surface area contributed by atoms with Crippen molar-refractivity contribution in [2.75, 3.05) is 30.7 Å². The molecule has 0 spiro atoms. The summed E-state index contributed by atoms with van der Waals surface area (Å²) < 4.78 is 33.7. The van der Waals surface area contributed by atoms with E-state index in [1.807, 2.05) is 0 Å². The molecule has 0 amide bonds. The van der Waals surface area contributed by atoms with Gasteiger partial charge in [0.2, 0.25) is 0 Å². The van der Waals surface area contributed by atoms with Gasteiger partial charge in [0, 0.05) is 19.2 Å². The highest BCUT2D eigenvalue weighted by atomic mass is 32.2. The number of hydrogen-bond acceptors (Lipinski definition) is 4. The first-order chi connectivity index (χ1) is 9.42. The Morgan fingerprint density at radius 1 is 1.35 bits per heavy atom. The van der Waals surface area contributed by atoms with Crippen LogP contribution in [0, 0.1) is 5.92 Å². The van der Waals surface area contributed by atoms with E-state index in [4.69, 9.17) is 10.5 Å². The van der Waals surface area contributed by atoms with E-state index < -0.39 is 10.2 Å². The van der Waals surface area contributed by atoms with E-state index in [1.165, 1.54) is 11.4 Å². The Labute approximate surface area is 120 Å². The maximum Gasteiger partial charge on any atom is 0.301 e. The number of nitrogens with two attached hydrogens (primary N) is 1. The van der Waals surface area contributed by atoms with Gasteiger partial charge in [0.15, 0.2) is 0 Å². The third-order valence-corrected chi connectivity index (χ3v) is 5.10. The van der Waals surface area contributed by atoms with E-state index in [9.17, 15) is 8.42 Å². The number of nitrogen functional groups attached to an aromatic ring is 1. The molecular formula is C13H21N3O3S. The molecule has 1 aromatic carbocycles. The highest BCUT2D eigenvalue weighted by molar-refractivity contribution is 7.90. The molecular weight excluding hydrogens is 278 g/mol. The summed E-state index contributed by atoms with van der Waals surface area (Å²) in [5.41, 5.74) is 6.53. The number of rotatable bonds is 4. The highest BCUT2D eigenvalue weighted by Gasteiger charge is 2.26. The highest BCUT2D eigenvalue weighted by Crippen LogP contribution is 2.27. The SMILES string of the molecule is COc1ccc(N)c(NS(=O)(=O)N2CCC(C)CC2)c1. The maximum atomic E-state index is 12.3. The van der Waals surface area contributed by atoms with Crippen molar-refractivity contribution < 1.29 is 13.2 Å². The fourth-order valence-electron chi connectivity index (χ4n) is 2.18. The van der Waals surface area contributed by atoms with Gasteiger partial charge in [-0.2, -0.15) is 12.7 Å². The van der Waals surface area contributed by atoms with Crippen LogP contribution in [0.2, 0.25) is 0 Å². The summed E-state index contributed by atoms with van der Waals surface area (Å²) in [4.78, 5) is 0. The number of nitrogens with zero attached hydrogens (tertiary/aromatic N) is 1. The van der Waals surface area contributed by atoms with Gasteiger partial charge in [-0.15, -0.1) is 0 Å². The number of ether oxygens (including phenoxy) is 1. The number of benzene rings is 1. The summed E-state index contributed by atoms with van der Waals surface area (Å²) in [6, 6.07) is 4.89. The summed E-state index contributed by atoms with van der Waals surface area (Å²) in [6.07, 6.45) is 1.77. The number of hydrogen-bond donors (Lipinski definition) is 2. The largest absolute Gasteiger partial charge is 0.497 e. The van der Waals surface area contributed by atoms with Crippen molar-refractivity contribution in [1.29, 1.82) is 0 Å². The van der Waals surface area contributed by atoms with Crippen LogP contribution in [0.15, 0.2) is 18.2 Å². The molecule has 0 radical (unpaired) electrons. The molecule has 20 heavy (non-hydrogen) atoms. The zero-order chi connectivity index (χ0) is 14.8. The molecule has 0 unspecified atom stereocenters. The minimum Gasteiger partial charge on any atom is -0.497 e. The molecule has 2 rings (SSSR count). The smallest absolute Gasteiger partial charge is 0.301 e. The summed E-state index contributed by atoms with van der Waals surface area (Å²) in [7, 11) is -2.04. The molecule has 1 heterocycles. The minimum atomic E-state index is -3.56. The number of nitrogens with one attached hydrogen (secondary N) is 1. The first kappa shape index (κ1) is 14.9. The Morgan fingerprint density at radius 3 is 2.60 bits per heavy atom. The minimum absolute atomic E-state index is 0.350. The van der Waals surface area contributed by atoms with Crippen molar-refractivity contribution in [3.05, 3.63) is 18.2 Å². The van der Waals surface area contributed by atoms with Gasteiger partial charge >= 0.3 is 10.2 Å². The Balaban J connectivity index is 2.16. The second kappa shape index (κ2) is 5.88. The molecule has 0 saturated carbocycles. The molecule has 112 valence electrons. The van der Waals surface area contributed by atoms with Gasteiger partial charge in [-0.25, -0.2) is 0 Å². The molecule has 7 heteroatoms. The summed E-state index contributed by atoms with van der Waals surface area (Å²) in [5, 5.41) is 0. The van der Waals surface area contributed by atoms with Crippen molar-refractivity contribution in [3.63, 3.8) is 0 Å². The average Bonchev–Trinajstić information content (AvgIpc) is 2.41. The van der Waals surface area contributed by atoms with Crippen molar-refractivity contribution >= 4 is 21.6 Å². The second-order valence-corrected chi connectivity index (χ2v) is 6.81. The van der Waals surface area contributed by atoms with E-state index in [1.54, 1.807) is 18.2 Å². The van der Waals surface area contributed by atoms with Crippen LogP contribution in [0.1, 0.15) is 19.8 Å². The van der Waals surface area contributed by atoms with Crippen LogP contribution in [-0.4, -0.2) is 32.9 Å². The lowest BCUT2D eigenvalue weighted by Crippen LogP contribution is -2.41.